The maximum absolute atomic E-state index is 11.9. The minimum absolute atomic E-state index is 0.262. The van der Waals surface area contributed by atoms with Crippen LogP contribution in [0.3, 0.4) is 0 Å². The summed E-state index contributed by atoms with van der Waals surface area (Å²) in [6.07, 6.45) is 6.10. The van der Waals surface area contributed by atoms with Crippen LogP contribution < -0.4 is 0 Å². The van der Waals surface area contributed by atoms with Gasteiger partial charge in [-0.3, -0.25) is 0 Å². The molecule has 1 saturated heterocycles. The molecule has 1 aliphatic rings. The van der Waals surface area contributed by atoms with Crippen LogP contribution in [-0.4, -0.2) is 24.1 Å². The van der Waals surface area contributed by atoms with E-state index < -0.39 is 0 Å². The Kier molecular flexibility index (Phi) is 4.53. The zero-order valence-corrected chi connectivity index (χ0v) is 10.6. The predicted molar refractivity (Wildman–Crippen MR) is 71.2 cm³/mol. The molecular weight excluding hydrogens is 226 g/mol. The lowest BCUT2D eigenvalue weighted by Crippen LogP contribution is -2.32. The quantitative estimate of drug-likeness (QED) is 0.764. The van der Waals surface area contributed by atoms with Crippen LogP contribution in [0.2, 0.25) is 0 Å². The van der Waals surface area contributed by atoms with Crippen molar-refractivity contribution in [1.82, 2.24) is 5.06 Å². The number of rotatable bonds is 4. The fourth-order valence-corrected chi connectivity index (χ4v) is 2.07. The highest BCUT2D eigenvalue weighted by Gasteiger charge is 2.16. The number of hydrogen-bond acceptors (Lipinski definition) is 3. The molecule has 0 aromatic heterocycles. The van der Waals surface area contributed by atoms with E-state index in [-0.39, 0.29) is 5.97 Å². The van der Waals surface area contributed by atoms with E-state index in [9.17, 15) is 4.79 Å². The maximum atomic E-state index is 11.9. The van der Waals surface area contributed by atoms with Crippen LogP contribution >= 0.6 is 0 Å². The molecule has 0 aliphatic carbocycles. The lowest BCUT2D eigenvalue weighted by molar-refractivity contribution is -0.119. The molecule has 1 aromatic carbocycles. The largest absolute Gasteiger partial charge is 0.364 e. The van der Waals surface area contributed by atoms with Crippen LogP contribution in [0.1, 0.15) is 35.2 Å². The highest BCUT2D eigenvalue weighted by molar-refractivity contribution is 5.89. The van der Waals surface area contributed by atoms with E-state index >= 15 is 0 Å². The molecule has 96 valence electrons. The monoisotopic (exact) mass is 245 g/mol. The van der Waals surface area contributed by atoms with Crippen molar-refractivity contribution in [2.45, 2.75) is 25.7 Å². The molecule has 0 N–H and O–H groups in total. The molecule has 18 heavy (non-hydrogen) atoms. The molecular formula is C15H19NO2. The molecule has 2 rings (SSSR count). The minimum atomic E-state index is -0.262. The fraction of sp³-hybridized carbons (Fsp3) is 0.400. The topological polar surface area (TPSA) is 29.5 Å². The van der Waals surface area contributed by atoms with Crippen LogP contribution in [0.5, 0.6) is 0 Å². The SMILES string of the molecule is C=CCc1ccc(C(=O)ON2CCCCC2)cc1. The molecule has 0 bridgehead atoms. The molecule has 3 heteroatoms. The molecule has 0 saturated carbocycles. The van der Waals surface area contributed by atoms with Crippen molar-refractivity contribution < 1.29 is 9.63 Å². The highest BCUT2D eigenvalue weighted by Crippen LogP contribution is 2.12. The Balaban J connectivity index is 1.93. The fourth-order valence-electron chi connectivity index (χ4n) is 2.07. The maximum Gasteiger partial charge on any atom is 0.357 e. The smallest absolute Gasteiger partial charge is 0.357 e. The first kappa shape index (κ1) is 12.8. The summed E-state index contributed by atoms with van der Waals surface area (Å²) in [6, 6.07) is 7.50. The van der Waals surface area contributed by atoms with E-state index in [1.165, 1.54) is 6.42 Å². The second-order valence-electron chi connectivity index (χ2n) is 4.56. The van der Waals surface area contributed by atoms with Gasteiger partial charge in [0.05, 0.1) is 5.56 Å². The molecule has 0 spiro atoms. The molecule has 0 amide bonds. The van der Waals surface area contributed by atoms with E-state index in [1.807, 2.05) is 30.3 Å². The Hall–Kier alpha value is -1.61. The number of allylic oxidation sites excluding steroid dienone is 1. The Labute approximate surface area is 108 Å². The van der Waals surface area contributed by atoms with E-state index in [4.69, 9.17) is 4.84 Å². The first-order chi connectivity index (χ1) is 8.79. The summed E-state index contributed by atoms with van der Waals surface area (Å²) in [5.74, 6) is -0.262. The standard InChI is InChI=1S/C15H19NO2/c1-2-6-13-7-9-14(10-8-13)15(17)18-16-11-4-3-5-12-16/h2,7-10H,1,3-6,11-12H2. The lowest BCUT2D eigenvalue weighted by atomic mass is 10.1. The van der Waals surface area contributed by atoms with Gasteiger partial charge >= 0.3 is 5.97 Å². The molecule has 3 nitrogen and oxygen atoms in total. The van der Waals surface area contributed by atoms with Crippen molar-refractivity contribution in [2.75, 3.05) is 13.1 Å². The Morgan fingerprint density at radius 3 is 2.50 bits per heavy atom. The van der Waals surface area contributed by atoms with Crippen molar-refractivity contribution in [3.05, 3.63) is 48.0 Å². The average Bonchev–Trinajstić information content (AvgIpc) is 2.41. The van der Waals surface area contributed by atoms with Gasteiger partial charge in [0.15, 0.2) is 0 Å². The van der Waals surface area contributed by atoms with Crippen molar-refractivity contribution in [3.63, 3.8) is 0 Å². The van der Waals surface area contributed by atoms with Crippen molar-refractivity contribution in [1.29, 1.82) is 0 Å². The second-order valence-corrected chi connectivity index (χ2v) is 4.56. The Morgan fingerprint density at radius 1 is 1.22 bits per heavy atom. The third kappa shape index (κ3) is 3.44. The number of piperidine rings is 1. The van der Waals surface area contributed by atoms with E-state index in [0.29, 0.717) is 5.56 Å². The van der Waals surface area contributed by atoms with Gasteiger partial charge in [-0.1, -0.05) is 24.6 Å². The molecule has 1 aliphatic heterocycles. The second kappa shape index (κ2) is 6.36. The molecule has 0 radical (unpaired) electrons. The summed E-state index contributed by atoms with van der Waals surface area (Å²) in [6.45, 7) is 5.39. The van der Waals surface area contributed by atoms with Gasteiger partial charge in [0.1, 0.15) is 0 Å². The van der Waals surface area contributed by atoms with Crippen LogP contribution in [0.4, 0.5) is 0 Å². The van der Waals surface area contributed by atoms with Gasteiger partial charge in [0, 0.05) is 13.1 Å². The number of hydrogen-bond donors (Lipinski definition) is 0. The van der Waals surface area contributed by atoms with Crippen LogP contribution in [0.25, 0.3) is 0 Å². The van der Waals surface area contributed by atoms with Gasteiger partial charge in [-0.05, 0) is 37.0 Å². The van der Waals surface area contributed by atoms with Gasteiger partial charge in [-0.25, -0.2) is 4.79 Å². The third-order valence-corrected chi connectivity index (χ3v) is 3.10. The van der Waals surface area contributed by atoms with Crippen LogP contribution in [-0.2, 0) is 11.3 Å². The number of benzene rings is 1. The normalized spacial score (nSPS) is 16.2. The van der Waals surface area contributed by atoms with E-state index in [2.05, 4.69) is 6.58 Å². The summed E-state index contributed by atoms with van der Waals surface area (Å²) < 4.78 is 0. The first-order valence-corrected chi connectivity index (χ1v) is 6.46. The molecule has 1 heterocycles. The van der Waals surface area contributed by atoms with Crippen molar-refractivity contribution >= 4 is 5.97 Å². The zero-order valence-electron chi connectivity index (χ0n) is 10.6. The third-order valence-electron chi connectivity index (χ3n) is 3.10. The number of nitrogens with zero attached hydrogens (tertiary/aromatic N) is 1. The molecule has 0 atom stereocenters. The summed E-state index contributed by atoms with van der Waals surface area (Å²) in [7, 11) is 0. The van der Waals surface area contributed by atoms with Gasteiger partial charge in [0.25, 0.3) is 0 Å². The Bertz CT molecular complexity index is 405. The van der Waals surface area contributed by atoms with E-state index in [1.54, 1.807) is 5.06 Å². The number of hydroxylamine groups is 2. The van der Waals surface area contributed by atoms with Crippen LogP contribution in [0, 0.1) is 0 Å². The Morgan fingerprint density at radius 2 is 1.89 bits per heavy atom. The molecule has 1 fully saturated rings. The van der Waals surface area contributed by atoms with Gasteiger partial charge in [0.2, 0.25) is 0 Å². The number of carbonyl (C=O) groups excluding carboxylic acids is 1. The summed E-state index contributed by atoms with van der Waals surface area (Å²) in [5, 5.41) is 1.77. The number of carbonyl (C=O) groups is 1. The van der Waals surface area contributed by atoms with Gasteiger partial charge in [-0.2, -0.15) is 0 Å². The lowest BCUT2D eigenvalue weighted by Gasteiger charge is -2.24. The zero-order chi connectivity index (χ0) is 12.8. The predicted octanol–water partition coefficient (Wildman–Crippen LogP) is 2.97. The average molecular weight is 245 g/mol. The van der Waals surface area contributed by atoms with E-state index in [0.717, 1.165) is 37.9 Å². The summed E-state index contributed by atoms with van der Waals surface area (Å²) >= 11 is 0. The first-order valence-electron chi connectivity index (χ1n) is 6.46. The summed E-state index contributed by atoms with van der Waals surface area (Å²) in [5.41, 5.74) is 1.76. The van der Waals surface area contributed by atoms with Crippen LogP contribution in [0.15, 0.2) is 36.9 Å². The molecule has 0 unspecified atom stereocenters. The highest BCUT2D eigenvalue weighted by atomic mass is 16.7. The minimum Gasteiger partial charge on any atom is -0.364 e. The van der Waals surface area contributed by atoms with Crippen molar-refractivity contribution in [2.24, 2.45) is 0 Å². The van der Waals surface area contributed by atoms with Gasteiger partial charge < -0.3 is 4.84 Å². The summed E-state index contributed by atoms with van der Waals surface area (Å²) in [4.78, 5) is 17.2. The van der Waals surface area contributed by atoms with Crippen molar-refractivity contribution in [3.8, 4) is 0 Å². The van der Waals surface area contributed by atoms with Gasteiger partial charge in [-0.15, -0.1) is 11.6 Å². The molecule has 1 aromatic rings.